The summed E-state index contributed by atoms with van der Waals surface area (Å²) in [7, 11) is 1.68. The highest BCUT2D eigenvalue weighted by Gasteiger charge is 2.07. The van der Waals surface area contributed by atoms with Crippen molar-refractivity contribution in [1.82, 2.24) is 9.97 Å². The molecule has 2 aromatic heterocycles. The summed E-state index contributed by atoms with van der Waals surface area (Å²) >= 11 is 0. The van der Waals surface area contributed by atoms with Gasteiger partial charge in [0.05, 0.1) is 7.11 Å². The summed E-state index contributed by atoms with van der Waals surface area (Å²) in [4.78, 5) is 9.19. The standard InChI is InChI=1S/C34H50N3O/c1-3-4-5-6-7-8-9-10-11-12-13-14-15-16-17-18-25-37-26-23-31(24-27-37)34-35-28-32(29-36-34)30-19-21-33(38-2)22-20-30/h19-24,26-29H,3-18,25H2,1-2H3/q+1. The van der Waals surface area contributed by atoms with Crippen LogP contribution in [0.5, 0.6) is 5.75 Å². The van der Waals surface area contributed by atoms with Gasteiger partial charge in [0.25, 0.3) is 0 Å². The van der Waals surface area contributed by atoms with Crippen LogP contribution in [0.25, 0.3) is 22.5 Å². The Morgan fingerprint density at radius 2 is 1.03 bits per heavy atom. The van der Waals surface area contributed by atoms with Crippen LogP contribution in [0.2, 0.25) is 0 Å². The van der Waals surface area contributed by atoms with Crippen molar-refractivity contribution in [3.8, 4) is 28.3 Å². The average Bonchev–Trinajstić information content (AvgIpc) is 2.97. The van der Waals surface area contributed by atoms with Crippen LogP contribution in [0.3, 0.4) is 0 Å². The molecule has 0 unspecified atom stereocenters. The van der Waals surface area contributed by atoms with Gasteiger partial charge in [-0.05, 0) is 24.1 Å². The zero-order valence-electron chi connectivity index (χ0n) is 24.0. The van der Waals surface area contributed by atoms with E-state index in [0.29, 0.717) is 0 Å². The summed E-state index contributed by atoms with van der Waals surface area (Å²) in [5.74, 6) is 1.61. The Balaban J connectivity index is 1.22. The molecule has 0 N–H and O–H groups in total. The summed E-state index contributed by atoms with van der Waals surface area (Å²) < 4.78 is 7.51. The molecule has 0 aliphatic heterocycles. The van der Waals surface area contributed by atoms with Gasteiger partial charge in [0.1, 0.15) is 12.3 Å². The van der Waals surface area contributed by atoms with Crippen LogP contribution in [0.1, 0.15) is 110 Å². The van der Waals surface area contributed by atoms with Crippen LogP contribution in [0.4, 0.5) is 0 Å². The van der Waals surface area contributed by atoms with E-state index in [-0.39, 0.29) is 0 Å². The van der Waals surface area contributed by atoms with Gasteiger partial charge in [0.15, 0.2) is 18.2 Å². The van der Waals surface area contributed by atoms with Crippen LogP contribution in [0.15, 0.2) is 61.2 Å². The first-order valence-corrected chi connectivity index (χ1v) is 15.3. The maximum atomic E-state index is 5.23. The highest BCUT2D eigenvalue weighted by atomic mass is 16.5. The van der Waals surface area contributed by atoms with E-state index in [1.54, 1.807) is 7.11 Å². The molecule has 0 fully saturated rings. The first-order chi connectivity index (χ1) is 18.8. The predicted molar refractivity (Wildman–Crippen MR) is 159 cm³/mol. The molecule has 4 nitrogen and oxygen atoms in total. The molecule has 2 heterocycles. The minimum absolute atomic E-state index is 0.761. The fourth-order valence-corrected chi connectivity index (χ4v) is 5.01. The summed E-state index contributed by atoms with van der Waals surface area (Å²) in [6, 6.07) is 12.2. The van der Waals surface area contributed by atoms with E-state index in [0.717, 1.165) is 34.8 Å². The van der Waals surface area contributed by atoms with Crippen molar-refractivity contribution in [3.05, 3.63) is 61.2 Å². The molecule has 0 aliphatic rings. The number of pyridine rings is 1. The lowest BCUT2D eigenvalue weighted by Gasteiger charge is -2.05. The van der Waals surface area contributed by atoms with E-state index in [2.05, 4.69) is 46.0 Å². The SMILES string of the molecule is CCCCCCCCCCCCCCCCCC[n+]1ccc(-c2ncc(-c3ccc(OC)cc3)cn2)cc1. The zero-order valence-corrected chi connectivity index (χ0v) is 24.0. The van der Waals surface area contributed by atoms with Crippen molar-refractivity contribution >= 4 is 0 Å². The van der Waals surface area contributed by atoms with Crippen molar-refractivity contribution in [2.45, 2.75) is 116 Å². The molecule has 0 bridgehead atoms. The first kappa shape index (κ1) is 29.8. The number of hydrogen-bond acceptors (Lipinski definition) is 3. The monoisotopic (exact) mass is 516 g/mol. The number of hydrogen-bond donors (Lipinski definition) is 0. The normalized spacial score (nSPS) is 11.1. The van der Waals surface area contributed by atoms with Crippen LogP contribution < -0.4 is 9.30 Å². The van der Waals surface area contributed by atoms with Gasteiger partial charge in [-0.1, -0.05) is 109 Å². The molecule has 0 atom stereocenters. The zero-order chi connectivity index (χ0) is 26.7. The van der Waals surface area contributed by atoms with Gasteiger partial charge in [-0.3, -0.25) is 0 Å². The number of unbranched alkanes of at least 4 members (excludes halogenated alkanes) is 15. The molecular weight excluding hydrogens is 466 g/mol. The Hall–Kier alpha value is -2.75. The number of benzene rings is 1. The number of nitrogens with zero attached hydrogens (tertiary/aromatic N) is 3. The third kappa shape index (κ3) is 11.3. The minimum atomic E-state index is 0.761. The molecule has 0 saturated carbocycles. The lowest BCUT2D eigenvalue weighted by Crippen LogP contribution is -2.32. The Morgan fingerprint density at radius 1 is 0.553 bits per heavy atom. The summed E-state index contributed by atoms with van der Waals surface area (Å²) in [5.41, 5.74) is 3.14. The van der Waals surface area contributed by atoms with Gasteiger partial charge in [-0.15, -0.1) is 0 Å². The van der Waals surface area contributed by atoms with Gasteiger partial charge in [0, 0.05) is 42.1 Å². The quantitative estimate of drug-likeness (QED) is 0.111. The Kier molecular flexibility index (Phi) is 14.5. The van der Waals surface area contributed by atoms with Crippen LogP contribution in [0, 0.1) is 0 Å². The molecule has 0 radical (unpaired) electrons. The minimum Gasteiger partial charge on any atom is -0.497 e. The topological polar surface area (TPSA) is 38.9 Å². The van der Waals surface area contributed by atoms with Crippen LogP contribution >= 0.6 is 0 Å². The maximum Gasteiger partial charge on any atom is 0.169 e. The van der Waals surface area contributed by atoms with Gasteiger partial charge < -0.3 is 4.74 Å². The second kappa shape index (κ2) is 18.5. The number of rotatable bonds is 20. The van der Waals surface area contributed by atoms with Crippen molar-refractivity contribution in [3.63, 3.8) is 0 Å². The second-order valence-corrected chi connectivity index (χ2v) is 10.7. The van der Waals surface area contributed by atoms with Crippen molar-refractivity contribution in [2.75, 3.05) is 7.11 Å². The highest BCUT2D eigenvalue weighted by Crippen LogP contribution is 2.22. The number of aromatic nitrogens is 3. The van der Waals surface area contributed by atoms with E-state index < -0.39 is 0 Å². The predicted octanol–water partition coefficient (Wildman–Crippen LogP) is 9.37. The first-order valence-electron chi connectivity index (χ1n) is 15.3. The number of methoxy groups -OCH3 is 1. The molecule has 0 spiro atoms. The summed E-state index contributed by atoms with van der Waals surface area (Å²) in [6.07, 6.45) is 30.6. The highest BCUT2D eigenvalue weighted by molar-refractivity contribution is 5.64. The molecule has 0 saturated heterocycles. The maximum absolute atomic E-state index is 5.23. The van der Waals surface area contributed by atoms with E-state index in [9.17, 15) is 0 Å². The molecule has 3 aromatic rings. The molecule has 0 amide bonds. The van der Waals surface area contributed by atoms with Crippen molar-refractivity contribution in [2.24, 2.45) is 0 Å². The van der Waals surface area contributed by atoms with Crippen molar-refractivity contribution < 1.29 is 9.30 Å². The van der Waals surface area contributed by atoms with E-state index in [1.807, 2.05) is 36.7 Å². The third-order valence-corrected chi connectivity index (χ3v) is 7.49. The van der Waals surface area contributed by atoms with Gasteiger partial charge in [-0.25, -0.2) is 14.5 Å². The molecule has 38 heavy (non-hydrogen) atoms. The number of aryl methyl sites for hydroxylation is 1. The Bertz CT molecular complexity index is 984. The van der Waals surface area contributed by atoms with Crippen LogP contribution in [-0.4, -0.2) is 17.1 Å². The lowest BCUT2D eigenvalue weighted by molar-refractivity contribution is -0.697. The molecular formula is C34H50N3O+. The average molecular weight is 517 g/mol. The van der Waals surface area contributed by atoms with Gasteiger partial charge in [0.2, 0.25) is 0 Å². The molecule has 0 aliphatic carbocycles. The Labute approximate surface area is 231 Å². The van der Waals surface area contributed by atoms with Gasteiger partial charge in [-0.2, -0.15) is 0 Å². The Morgan fingerprint density at radius 3 is 1.50 bits per heavy atom. The van der Waals surface area contributed by atoms with Crippen molar-refractivity contribution in [1.29, 1.82) is 0 Å². The smallest absolute Gasteiger partial charge is 0.169 e. The van der Waals surface area contributed by atoms with E-state index in [4.69, 9.17) is 4.74 Å². The summed E-state index contributed by atoms with van der Waals surface area (Å²) in [5, 5.41) is 0. The number of ether oxygens (including phenoxy) is 1. The fraction of sp³-hybridized carbons (Fsp3) is 0.559. The largest absolute Gasteiger partial charge is 0.497 e. The molecule has 3 rings (SSSR count). The lowest BCUT2D eigenvalue weighted by atomic mass is 10.0. The fourth-order valence-electron chi connectivity index (χ4n) is 5.01. The van der Waals surface area contributed by atoms with E-state index in [1.165, 1.54) is 103 Å². The second-order valence-electron chi connectivity index (χ2n) is 10.7. The summed E-state index contributed by atoms with van der Waals surface area (Å²) in [6.45, 7) is 3.37. The molecule has 1 aromatic carbocycles. The van der Waals surface area contributed by atoms with Crippen LogP contribution in [-0.2, 0) is 6.54 Å². The third-order valence-electron chi connectivity index (χ3n) is 7.49. The molecule has 4 heteroatoms. The van der Waals surface area contributed by atoms with E-state index >= 15 is 0 Å². The van der Waals surface area contributed by atoms with Gasteiger partial charge >= 0.3 is 0 Å². The molecule has 206 valence electrons.